The van der Waals surface area contributed by atoms with E-state index in [4.69, 9.17) is 5.73 Å². The van der Waals surface area contributed by atoms with E-state index >= 15 is 0 Å². The molecule has 0 aliphatic heterocycles. The highest BCUT2D eigenvalue weighted by Crippen LogP contribution is 2.18. The molecule has 0 atom stereocenters. The predicted molar refractivity (Wildman–Crippen MR) is 124 cm³/mol. The van der Waals surface area contributed by atoms with Crippen LogP contribution in [0.25, 0.3) is 0 Å². The zero-order valence-corrected chi connectivity index (χ0v) is 18.7. The van der Waals surface area contributed by atoms with E-state index in [2.05, 4.69) is 15.6 Å². The van der Waals surface area contributed by atoms with Gasteiger partial charge in [0.2, 0.25) is 10.0 Å². The van der Waals surface area contributed by atoms with Crippen LogP contribution in [0.2, 0.25) is 0 Å². The molecule has 32 heavy (non-hydrogen) atoms. The number of sulfonamides is 1. The molecule has 2 amide bonds. The van der Waals surface area contributed by atoms with Crippen molar-refractivity contribution in [2.75, 3.05) is 18.9 Å². The molecule has 3 rings (SSSR count). The Hall–Kier alpha value is -3.27. The number of amides is 2. The number of benzene rings is 2. The van der Waals surface area contributed by atoms with Crippen molar-refractivity contribution >= 4 is 21.7 Å². The van der Waals surface area contributed by atoms with Crippen molar-refractivity contribution < 1.29 is 13.2 Å². The van der Waals surface area contributed by atoms with E-state index in [-0.39, 0.29) is 10.9 Å². The Morgan fingerprint density at radius 3 is 2.31 bits per heavy atom. The minimum atomic E-state index is -3.64. The van der Waals surface area contributed by atoms with E-state index < -0.39 is 10.0 Å². The highest BCUT2D eigenvalue weighted by molar-refractivity contribution is 7.89. The van der Waals surface area contributed by atoms with Gasteiger partial charge in [-0.15, -0.1) is 0 Å². The highest BCUT2D eigenvalue weighted by atomic mass is 32.2. The lowest BCUT2D eigenvalue weighted by Gasteiger charge is -2.17. The van der Waals surface area contributed by atoms with Crippen LogP contribution in [0.15, 0.2) is 78.0 Å². The van der Waals surface area contributed by atoms with Crippen LogP contribution in [0.1, 0.15) is 16.7 Å². The van der Waals surface area contributed by atoms with E-state index in [9.17, 15) is 13.2 Å². The Morgan fingerprint density at radius 1 is 1.00 bits per heavy atom. The minimum Gasteiger partial charge on any atom is -0.334 e. The Kier molecular flexibility index (Phi) is 7.93. The number of pyridine rings is 1. The van der Waals surface area contributed by atoms with Crippen molar-refractivity contribution in [2.24, 2.45) is 5.73 Å². The van der Waals surface area contributed by atoms with Gasteiger partial charge in [-0.25, -0.2) is 17.5 Å². The number of nitrogens with two attached hydrogens (primary N) is 1. The number of hydrogen-bond donors (Lipinski definition) is 3. The SMILES string of the molecule is CN(CCc1ccc(CN)cc1)S(=O)(=O)c1ccc(NC(=O)NCc2cccnc2)cc1. The van der Waals surface area contributed by atoms with Gasteiger partial charge in [-0.2, -0.15) is 0 Å². The van der Waals surface area contributed by atoms with Crippen molar-refractivity contribution in [1.29, 1.82) is 0 Å². The maximum absolute atomic E-state index is 12.9. The summed E-state index contributed by atoms with van der Waals surface area (Å²) in [5.41, 5.74) is 9.06. The van der Waals surface area contributed by atoms with Crippen molar-refractivity contribution in [3.05, 3.63) is 89.7 Å². The first-order valence-electron chi connectivity index (χ1n) is 10.2. The first kappa shape index (κ1) is 23.4. The summed E-state index contributed by atoms with van der Waals surface area (Å²) in [5, 5.41) is 5.41. The van der Waals surface area contributed by atoms with E-state index in [1.165, 1.54) is 16.4 Å². The fourth-order valence-electron chi connectivity index (χ4n) is 3.00. The second-order valence-corrected chi connectivity index (χ2v) is 9.34. The van der Waals surface area contributed by atoms with Crippen LogP contribution < -0.4 is 16.4 Å². The monoisotopic (exact) mass is 453 g/mol. The van der Waals surface area contributed by atoms with Gasteiger partial charge < -0.3 is 16.4 Å². The van der Waals surface area contributed by atoms with Crippen LogP contribution >= 0.6 is 0 Å². The number of anilines is 1. The molecular weight excluding hydrogens is 426 g/mol. The van der Waals surface area contributed by atoms with Gasteiger partial charge in [0.05, 0.1) is 4.90 Å². The number of hydrogen-bond acceptors (Lipinski definition) is 5. The van der Waals surface area contributed by atoms with Crippen molar-refractivity contribution in [2.45, 2.75) is 24.4 Å². The summed E-state index contributed by atoms with van der Waals surface area (Å²) in [6.45, 7) is 1.17. The molecule has 0 saturated carbocycles. The molecule has 3 aromatic rings. The molecule has 0 bridgehead atoms. The molecule has 0 radical (unpaired) electrons. The number of nitrogens with zero attached hydrogens (tertiary/aromatic N) is 2. The van der Waals surface area contributed by atoms with Crippen LogP contribution in [0.4, 0.5) is 10.5 Å². The lowest BCUT2D eigenvalue weighted by atomic mass is 10.1. The fourth-order valence-corrected chi connectivity index (χ4v) is 4.17. The van der Waals surface area contributed by atoms with Gasteiger partial charge in [0.1, 0.15) is 0 Å². The summed E-state index contributed by atoms with van der Waals surface area (Å²) in [6.07, 6.45) is 3.93. The standard InChI is InChI=1S/C23H27N5O3S/c1-28(14-12-18-4-6-19(15-24)7-5-18)32(30,31)22-10-8-21(9-11-22)27-23(29)26-17-20-3-2-13-25-16-20/h2-11,13,16H,12,14-15,17,24H2,1H3,(H2,26,27,29). The molecule has 1 heterocycles. The summed E-state index contributed by atoms with van der Waals surface area (Å²) in [6, 6.07) is 17.2. The topological polar surface area (TPSA) is 117 Å². The van der Waals surface area contributed by atoms with Crippen molar-refractivity contribution in [3.63, 3.8) is 0 Å². The van der Waals surface area contributed by atoms with E-state index in [0.717, 1.165) is 16.7 Å². The molecule has 168 valence electrons. The first-order valence-corrected chi connectivity index (χ1v) is 11.6. The maximum Gasteiger partial charge on any atom is 0.319 e. The predicted octanol–water partition coefficient (Wildman–Crippen LogP) is 2.73. The van der Waals surface area contributed by atoms with E-state index in [0.29, 0.717) is 31.7 Å². The number of nitrogens with one attached hydrogen (secondary N) is 2. The van der Waals surface area contributed by atoms with Crippen molar-refractivity contribution in [1.82, 2.24) is 14.6 Å². The molecule has 1 aromatic heterocycles. The average Bonchev–Trinajstić information content (AvgIpc) is 2.82. The summed E-state index contributed by atoms with van der Waals surface area (Å²) < 4.78 is 27.0. The normalized spacial score (nSPS) is 11.3. The second-order valence-electron chi connectivity index (χ2n) is 7.29. The van der Waals surface area contributed by atoms with E-state index in [1.807, 2.05) is 30.3 Å². The number of aromatic nitrogens is 1. The van der Waals surface area contributed by atoms with E-state index in [1.54, 1.807) is 37.6 Å². The van der Waals surface area contributed by atoms with Gasteiger partial charge >= 0.3 is 6.03 Å². The lowest BCUT2D eigenvalue weighted by molar-refractivity contribution is 0.251. The van der Waals surface area contributed by atoms with Crippen LogP contribution in [0.3, 0.4) is 0 Å². The summed E-state index contributed by atoms with van der Waals surface area (Å²) in [4.78, 5) is 16.2. The third-order valence-corrected chi connectivity index (χ3v) is 6.84. The maximum atomic E-state index is 12.9. The molecule has 0 aliphatic rings. The largest absolute Gasteiger partial charge is 0.334 e. The molecule has 8 nitrogen and oxygen atoms in total. The second kappa shape index (κ2) is 10.9. The van der Waals surface area contributed by atoms with Gasteiger partial charge in [0.25, 0.3) is 0 Å². The zero-order valence-electron chi connectivity index (χ0n) is 17.9. The molecule has 0 spiro atoms. The highest BCUT2D eigenvalue weighted by Gasteiger charge is 2.20. The molecule has 0 fully saturated rings. The number of urea groups is 1. The summed E-state index contributed by atoms with van der Waals surface area (Å²) in [5.74, 6) is 0. The third-order valence-electron chi connectivity index (χ3n) is 4.97. The van der Waals surface area contributed by atoms with Gasteiger partial charge in [0, 0.05) is 44.8 Å². The fraction of sp³-hybridized carbons (Fsp3) is 0.217. The Balaban J connectivity index is 1.54. The number of likely N-dealkylation sites (N-methyl/N-ethyl adjacent to an activating group) is 1. The first-order chi connectivity index (χ1) is 15.4. The van der Waals surface area contributed by atoms with Crippen molar-refractivity contribution in [3.8, 4) is 0 Å². The molecule has 9 heteroatoms. The average molecular weight is 454 g/mol. The molecule has 4 N–H and O–H groups in total. The number of rotatable bonds is 9. The molecule has 0 unspecified atom stereocenters. The Bertz CT molecular complexity index is 1120. The summed E-state index contributed by atoms with van der Waals surface area (Å²) >= 11 is 0. The smallest absolute Gasteiger partial charge is 0.319 e. The number of carbonyl (C=O) groups excluding carboxylic acids is 1. The Labute approximate surface area is 188 Å². The zero-order chi connectivity index (χ0) is 23.0. The van der Waals surface area contributed by atoms with Crippen LogP contribution in [0.5, 0.6) is 0 Å². The van der Waals surface area contributed by atoms with Crippen LogP contribution in [-0.2, 0) is 29.5 Å². The lowest BCUT2D eigenvalue weighted by Crippen LogP contribution is -2.29. The van der Waals surface area contributed by atoms with Gasteiger partial charge in [-0.05, 0) is 53.4 Å². The quantitative estimate of drug-likeness (QED) is 0.460. The molecule has 0 saturated heterocycles. The molecule has 0 aliphatic carbocycles. The summed E-state index contributed by atoms with van der Waals surface area (Å²) in [7, 11) is -2.08. The van der Waals surface area contributed by atoms with Crippen LogP contribution in [0, 0.1) is 0 Å². The van der Waals surface area contributed by atoms with Gasteiger partial charge in [-0.1, -0.05) is 30.3 Å². The van der Waals surface area contributed by atoms with Crippen LogP contribution in [-0.4, -0.2) is 37.3 Å². The molecular formula is C23H27N5O3S. The minimum absolute atomic E-state index is 0.166. The number of carbonyl (C=O) groups is 1. The third kappa shape index (κ3) is 6.36. The molecule has 2 aromatic carbocycles. The Morgan fingerprint density at radius 2 is 1.69 bits per heavy atom. The van der Waals surface area contributed by atoms with Gasteiger partial charge in [-0.3, -0.25) is 4.98 Å². The van der Waals surface area contributed by atoms with Gasteiger partial charge in [0.15, 0.2) is 0 Å².